The standard InChI is InChI=1S/C20H22F3N3O4S/c1-12-9-18(26(24-12)13-5-4-6-13)25-11-14(10-16(25)19(27)28)31(29,30)17-8-3-2-7-15(17)20(21,22)23/h2-3,7-9,13-14,16H,4-6,10-11H2,1H3,(H,27,28). The number of benzene rings is 1. The van der Waals surface area contributed by atoms with E-state index in [1.807, 2.05) is 0 Å². The molecule has 1 saturated heterocycles. The minimum atomic E-state index is -4.84. The number of anilines is 1. The number of carbonyl (C=O) groups is 1. The Morgan fingerprint density at radius 2 is 1.90 bits per heavy atom. The molecule has 2 fully saturated rings. The van der Waals surface area contributed by atoms with E-state index in [9.17, 15) is 31.5 Å². The van der Waals surface area contributed by atoms with E-state index in [0.29, 0.717) is 11.5 Å². The summed E-state index contributed by atoms with van der Waals surface area (Å²) in [7, 11) is -4.43. The largest absolute Gasteiger partial charge is 0.480 e. The minimum absolute atomic E-state index is 0.111. The van der Waals surface area contributed by atoms with Gasteiger partial charge in [-0.25, -0.2) is 17.9 Å². The summed E-state index contributed by atoms with van der Waals surface area (Å²) in [4.78, 5) is 12.6. The number of nitrogens with zero attached hydrogens (tertiary/aromatic N) is 3. The van der Waals surface area contributed by atoms with Crippen LogP contribution >= 0.6 is 0 Å². The van der Waals surface area contributed by atoms with E-state index in [1.54, 1.807) is 17.7 Å². The Hall–Kier alpha value is -2.56. The van der Waals surface area contributed by atoms with Crippen molar-refractivity contribution in [3.63, 3.8) is 0 Å². The van der Waals surface area contributed by atoms with Crippen molar-refractivity contribution in [1.82, 2.24) is 9.78 Å². The number of hydrogen-bond donors (Lipinski definition) is 1. The molecule has 1 aromatic heterocycles. The Kier molecular flexibility index (Phi) is 5.27. The summed E-state index contributed by atoms with van der Waals surface area (Å²) in [6.45, 7) is 1.54. The molecule has 31 heavy (non-hydrogen) atoms. The van der Waals surface area contributed by atoms with E-state index >= 15 is 0 Å². The average molecular weight is 457 g/mol. The van der Waals surface area contributed by atoms with Gasteiger partial charge < -0.3 is 10.0 Å². The smallest absolute Gasteiger partial charge is 0.417 e. The zero-order chi connectivity index (χ0) is 22.6. The number of carboxylic acid groups (broad SMARTS) is 1. The highest BCUT2D eigenvalue weighted by atomic mass is 32.2. The van der Waals surface area contributed by atoms with Gasteiger partial charge in [-0.1, -0.05) is 12.1 Å². The highest BCUT2D eigenvalue weighted by Gasteiger charge is 2.47. The average Bonchev–Trinajstić information content (AvgIpc) is 3.24. The maximum absolute atomic E-state index is 13.4. The van der Waals surface area contributed by atoms with Crippen LogP contribution in [0.15, 0.2) is 35.2 Å². The van der Waals surface area contributed by atoms with Crippen LogP contribution in [0.25, 0.3) is 0 Å². The molecule has 2 heterocycles. The zero-order valence-corrected chi connectivity index (χ0v) is 17.5. The molecule has 7 nitrogen and oxygen atoms in total. The van der Waals surface area contributed by atoms with Gasteiger partial charge >= 0.3 is 12.1 Å². The zero-order valence-electron chi connectivity index (χ0n) is 16.7. The normalized spacial score (nSPS) is 22.5. The number of sulfone groups is 1. The van der Waals surface area contributed by atoms with Crippen molar-refractivity contribution in [2.75, 3.05) is 11.4 Å². The van der Waals surface area contributed by atoms with Gasteiger partial charge in [-0.05, 0) is 44.7 Å². The highest BCUT2D eigenvalue weighted by molar-refractivity contribution is 7.92. The fourth-order valence-electron chi connectivity index (χ4n) is 4.26. The van der Waals surface area contributed by atoms with Crippen LogP contribution in [0.5, 0.6) is 0 Å². The fourth-order valence-corrected chi connectivity index (χ4v) is 6.17. The lowest BCUT2D eigenvalue weighted by Gasteiger charge is -2.31. The van der Waals surface area contributed by atoms with Crippen LogP contribution in [0.4, 0.5) is 19.0 Å². The number of halogens is 3. The lowest BCUT2D eigenvalue weighted by molar-refractivity contribution is -0.140. The topological polar surface area (TPSA) is 92.5 Å². The van der Waals surface area contributed by atoms with Crippen LogP contribution in [0.1, 0.15) is 43.0 Å². The van der Waals surface area contributed by atoms with E-state index in [-0.39, 0.29) is 19.0 Å². The Morgan fingerprint density at radius 3 is 2.48 bits per heavy atom. The molecule has 0 bridgehead atoms. The van der Waals surface area contributed by atoms with Gasteiger partial charge in [-0.15, -0.1) is 0 Å². The fraction of sp³-hybridized carbons (Fsp3) is 0.500. The summed E-state index contributed by atoms with van der Waals surface area (Å²) in [5.41, 5.74) is -0.574. The molecule has 2 atom stereocenters. The molecule has 2 unspecified atom stereocenters. The van der Waals surface area contributed by atoms with Gasteiger partial charge in [0, 0.05) is 12.6 Å². The molecular weight excluding hydrogens is 435 g/mol. The second-order valence-corrected chi connectivity index (χ2v) is 10.3. The summed E-state index contributed by atoms with van der Waals surface area (Å²) in [5, 5.41) is 12.9. The first kappa shape index (κ1) is 21.7. The van der Waals surface area contributed by atoms with Crippen LogP contribution in [-0.2, 0) is 20.8 Å². The molecule has 0 amide bonds. The van der Waals surface area contributed by atoms with Crippen LogP contribution in [0.3, 0.4) is 0 Å². The molecule has 2 aliphatic rings. The first-order chi connectivity index (χ1) is 14.5. The van der Waals surface area contributed by atoms with Crippen LogP contribution in [0.2, 0.25) is 0 Å². The summed E-state index contributed by atoms with van der Waals surface area (Å²) >= 11 is 0. The third kappa shape index (κ3) is 3.79. The van der Waals surface area contributed by atoms with Crippen molar-refractivity contribution in [1.29, 1.82) is 0 Å². The molecule has 1 aliphatic heterocycles. The van der Waals surface area contributed by atoms with Crippen LogP contribution in [-0.4, -0.2) is 47.1 Å². The predicted molar refractivity (Wildman–Crippen MR) is 106 cm³/mol. The molecular formula is C20H22F3N3O4S. The van der Waals surface area contributed by atoms with Gasteiger partial charge in [0.05, 0.1) is 27.4 Å². The van der Waals surface area contributed by atoms with Gasteiger partial charge in [0.25, 0.3) is 0 Å². The van der Waals surface area contributed by atoms with Crippen molar-refractivity contribution >= 4 is 21.6 Å². The number of rotatable bonds is 5. The number of hydrogen-bond acceptors (Lipinski definition) is 5. The molecule has 2 aromatic rings. The van der Waals surface area contributed by atoms with Crippen molar-refractivity contribution in [2.24, 2.45) is 0 Å². The van der Waals surface area contributed by atoms with Gasteiger partial charge in [-0.2, -0.15) is 18.3 Å². The van der Waals surface area contributed by atoms with Gasteiger partial charge in [0.2, 0.25) is 0 Å². The van der Waals surface area contributed by atoms with Gasteiger partial charge in [-0.3, -0.25) is 0 Å². The quantitative estimate of drug-likeness (QED) is 0.740. The first-order valence-corrected chi connectivity index (χ1v) is 11.5. The maximum atomic E-state index is 13.4. The lowest BCUT2D eigenvalue weighted by atomic mass is 9.93. The predicted octanol–water partition coefficient (Wildman–Crippen LogP) is 3.44. The van der Waals surface area contributed by atoms with E-state index in [0.717, 1.165) is 37.5 Å². The molecule has 1 aliphatic carbocycles. The molecule has 1 saturated carbocycles. The Bertz CT molecular complexity index is 1110. The van der Waals surface area contributed by atoms with E-state index < -0.39 is 43.7 Å². The van der Waals surface area contributed by atoms with Crippen LogP contribution < -0.4 is 4.90 Å². The third-order valence-electron chi connectivity index (χ3n) is 6.04. The van der Waals surface area contributed by atoms with Crippen molar-refractivity contribution < 1.29 is 31.5 Å². The molecule has 11 heteroatoms. The summed E-state index contributed by atoms with van der Waals surface area (Å²) in [5.74, 6) is -0.725. The molecule has 0 radical (unpaired) electrons. The number of alkyl halides is 3. The monoisotopic (exact) mass is 457 g/mol. The van der Waals surface area contributed by atoms with Gasteiger partial charge in [0.1, 0.15) is 11.9 Å². The lowest BCUT2D eigenvalue weighted by Crippen LogP contribution is -2.38. The number of carboxylic acids is 1. The third-order valence-corrected chi connectivity index (χ3v) is 8.23. The van der Waals surface area contributed by atoms with E-state index in [2.05, 4.69) is 5.10 Å². The first-order valence-electron chi connectivity index (χ1n) is 9.96. The number of aliphatic carboxylic acids is 1. The maximum Gasteiger partial charge on any atom is 0.417 e. The Balaban J connectivity index is 1.72. The van der Waals surface area contributed by atoms with Crippen molar-refractivity contribution in [3.05, 3.63) is 41.6 Å². The Morgan fingerprint density at radius 1 is 1.23 bits per heavy atom. The second kappa shape index (κ2) is 7.54. The summed E-state index contributed by atoms with van der Waals surface area (Å²) in [6.07, 6.45) is -2.34. The van der Waals surface area contributed by atoms with Crippen molar-refractivity contribution in [3.8, 4) is 0 Å². The summed E-state index contributed by atoms with van der Waals surface area (Å²) in [6, 6.07) is 4.66. The Labute approximate surface area is 177 Å². The molecule has 4 rings (SSSR count). The SMILES string of the molecule is Cc1cc(N2CC(S(=O)(=O)c3ccccc3C(F)(F)F)CC2C(=O)O)n(C2CCC2)n1. The molecule has 1 N–H and O–H groups in total. The molecule has 0 spiro atoms. The highest BCUT2D eigenvalue weighted by Crippen LogP contribution is 2.40. The van der Waals surface area contributed by atoms with Gasteiger partial charge in [0.15, 0.2) is 9.84 Å². The molecule has 1 aromatic carbocycles. The van der Waals surface area contributed by atoms with Crippen LogP contribution in [0, 0.1) is 6.92 Å². The number of aryl methyl sites for hydroxylation is 1. The van der Waals surface area contributed by atoms with Crippen molar-refractivity contribution in [2.45, 2.75) is 61.0 Å². The number of aromatic nitrogens is 2. The second-order valence-electron chi connectivity index (χ2n) is 8.08. The minimum Gasteiger partial charge on any atom is -0.480 e. The van der Waals surface area contributed by atoms with E-state index in [1.165, 1.54) is 11.0 Å². The molecule has 168 valence electrons. The van der Waals surface area contributed by atoms with E-state index in [4.69, 9.17) is 0 Å². The summed E-state index contributed by atoms with van der Waals surface area (Å²) < 4.78 is 68.4.